The number of pyridine rings is 1. The number of hydrogen-bond donors (Lipinski definition) is 1. The molecule has 0 fully saturated rings. The lowest BCUT2D eigenvalue weighted by Crippen LogP contribution is -2.16. The molecule has 102 valence electrons. The minimum Gasteiger partial charge on any atom is -0.278 e. The van der Waals surface area contributed by atoms with Crippen LogP contribution in [0.4, 0.5) is 10.1 Å². The summed E-state index contributed by atoms with van der Waals surface area (Å²) in [5, 5.41) is -0.621. The first-order valence-electron chi connectivity index (χ1n) is 5.53. The number of aromatic nitrogens is 2. The number of sulfonamides is 1. The number of halogens is 1. The van der Waals surface area contributed by atoms with Gasteiger partial charge in [0.25, 0.3) is 10.0 Å². The van der Waals surface area contributed by atoms with Gasteiger partial charge in [-0.15, -0.1) is 11.3 Å². The van der Waals surface area contributed by atoms with Crippen molar-refractivity contribution in [2.45, 2.75) is 5.03 Å². The predicted molar refractivity (Wildman–Crippen MR) is 74.6 cm³/mol. The average Bonchev–Trinajstić information content (AvgIpc) is 2.86. The molecule has 0 saturated carbocycles. The fourth-order valence-electron chi connectivity index (χ4n) is 1.69. The summed E-state index contributed by atoms with van der Waals surface area (Å²) in [6, 6.07) is 7.29. The van der Waals surface area contributed by atoms with E-state index in [2.05, 4.69) is 14.7 Å². The fraction of sp³-hybridized carbons (Fsp3) is 0. The highest BCUT2D eigenvalue weighted by Crippen LogP contribution is 2.23. The van der Waals surface area contributed by atoms with Crippen LogP contribution in [0.2, 0.25) is 0 Å². The molecule has 2 aromatic heterocycles. The molecule has 3 aromatic rings. The van der Waals surface area contributed by atoms with Gasteiger partial charge in [-0.2, -0.15) is 8.42 Å². The van der Waals surface area contributed by atoms with Gasteiger partial charge in [0, 0.05) is 6.20 Å². The molecule has 0 saturated heterocycles. The van der Waals surface area contributed by atoms with Crippen LogP contribution < -0.4 is 4.72 Å². The summed E-state index contributed by atoms with van der Waals surface area (Å²) in [6.07, 6.45) is 1.23. The number of nitrogens with zero attached hydrogens (tertiary/aromatic N) is 2. The van der Waals surface area contributed by atoms with Crippen molar-refractivity contribution in [3.63, 3.8) is 0 Å². The second-order valence-electron chi connectivity index (χ2n) is 3.93. The highest BCUT2D eigenvalue weighted by atomic mass is 32.2. The van der Waals surface area contributed by atoms with Crippen LogP contribution in [0, 0.1) is 5.82 Å². The Balaban J connectivity index is 1.99. The second kappa shape index (κ2) is 4.80. The van der Waals surface area contributed by atoms with Crippen LogP contribution in [-0.2, 0) is 10.0 Å². The number of thiazole rings is 1. The third-order valence-electron chi connectivity index (χ3n) is 2.56. The quantitative estimate of drug-likeness (QED) is 0.807. The molecule has 0 atom stereocenters. The van der Waals surface area contributed by atoms with Gasteiger partial charge in [0.05, 0.1) is 21.4 Å². The highest BCUT2D eigenvalue weighted by Gasteiger charge is 2.20. The number of benzene rings is 1. The van der Waals surface area contributed by atoms with Crippen LogP contribution in [0.25, 0.3) is 10.2 Å². The predicted octanol–water partition coefficient (Wildman–Crippen LogP) is 2.63. The van der Waals surface area contributed by atoms with E-state index in [4.69, 9.17) is 0 Å². The molecule has 0 aliphatic heterocycles. The summed E-state index contributed by atoms with van der Waals surface area (Å²) >= 11 is 1.39. The first-order valence-corrected chi connectivity index (χ1v) is 7.89. The van der Waals surface area contributed by atoms with Crippen molar-refractivity contribution in [1.29, 1.82) is 0 Å². The third kappa shape index (κ3) is 2.35. The van der Waals surface area contributed by atoms with Crippen LogP contribution in [0.3, 0.4) is 0 Å². The first-order chi connectivity index (χ1) is 9.56. The fourth-order valence-corrected chi connectivity index (χ4v) is 3.47. The summed E-state index contributed by atoms with van der Waals surface area (Å²) in [6.45, 7) is 0. The number of nitrogens with one attached hydrogen (secondary N) is 1. The van der Waals surface area contributed by atoms with Gasteiger partial charge in [0.15, 0.2) is 5.82 Å². The van der Waals surface area contributed by atoms with E-state index in [9.17, 15) is 12.8 Å². The molecule has 8 heteroatoms. The van der Waals surface area contributed by atoms with Gasteiger partial charge < -0.3 is 0 Å². The maximum absolute atomic E-state index is 13.5. The van der Waals surface area contributed by atoms with Crippen molar-refractivity contribution >= 4 is 37.3 Å². The van der Waals surface area contributed by atoms with E-state index < -0.39 is 20.9 Å². The Morgan fingerprint density at radius 2 is 2.05 bits per heavy atom. The van der Waals surface area contributed by atoms with E-state index in [0.29, 0.717) is 5.69 Å². The zero-order chi connectivity index (χ0) is 14.2. The summed E-state index contributed by atoms with van der Waals surface area (Å²) in [5.74, 6) is -0.890. The van der Waals surface area contributed by atoms with E-state index in [-0.39, 0.29) is 0 Å². The molecule has 0 amide bonds. The van der Waals surface area contributed by atoms with Crippen LogP contribution in [0.1, 0.15) is 0 Å². The maximum Gasteiger partial charge on any atom is 0.282 e. The number of rotatable bonds is 3. The van der Waals surface area contributed by atoms with E-state index in [1.165, 1.54) is 23.6 Å². The highest BCUT2D eigenvalue weighted by molar-refractivity contribution is 7.92. The van der Waals surface area contributed by atoms with Crippen LogP contribution in [0.15, 0.2) is 47.1 Å². The summed E-state index contributed by atoms with van der Waals surface area (Å²) < 4.78 is 40.8. The van der Waals surface area contributed by atoms with Crippen molar-refractivity contribution < 1.29 is 12.8 Å². The molecule has 0 aliphatic rings. The van der Waals surface area contributed by atoms with Crippen LogP contribution >= 0.6 is 11.3 Å². The van der Waals surface area contributed by atoms with Crippen molar-refractivity contribution in [3.8, 4) is 0 Å². The Bertz CT molecular complexity index is 877. The minimum absolute atomic E-state index is 0.340. The standard InChI is InChI=1S/C12H8FN3O2S2/c13-9-2-1-5-14-12(9)20(17,18)16-8-3-4-10-11(6-8)19-7-15-10/h1-7,16H. The molecular weight excluding hydrogens is 301 g/mol. The molecular formula is C12H8FN3O2S2. The lowest BCUT2D eigenvalue weighted by molar-refractivity contribution is 0.557. The van der Waals surface area contributed by atoms with Crippen LogP contribution in [-0.4, -0.2) is 18.4 Å². The molecule has 1 aromatic carbocycles. The zero-order valence-electron chi connectivity index (χ0n) is 9.95. The Morgan fingerprint density at radius 3 is 2.85 bits per heavy atom. The average molecular weight is 309 g/mol. The molecule has 0 aliphatic carbocycles. The molecule has 5 nitrogen and oxygen atoms in total. The van der Waals surface area contributed by atoms with Gasteiger partial charge >= 0.3 is 0 Å². The summed E-state index contributed by atoms with van der Waals surface area (Å²) in [7, 11) is -4.05. The third-order valence-corrected chi connectivity index (χ3v) is 4.67. The van der Waals surface area contributed by atoms with Crippen molar-refractivity contribution in [1.82, 2.24) is 9.97 Å². The second-order valence-corrected chi connectivity index (χ2v) is 6.41. The number of hydrogen-bond acceptors (Lipinski definition) is 5. The molecule has 3 rings (SSSR count). The molecule has 0 spiro atoms. The van der Waals surface area contributed by atoms with Crippen LogP contribution in [0.5, 0.6) is 0 Å². The Hall–Kier alpha value is -2.06. The van der Waals surface area contributed by atoms with Crippen molar-refractivity contribution in [2.75, 3.05) is 4.72 Å². The molecule has 0 unspecified atom stereocenters. The summed E-state index contributed by atoms with van der Waals surface area (Å²) in [4.78, 5) is 7.66. The monoisotopic (exact) mass is 309 g/mol. The Morgan fingerprint density at radius 1 is 1.20 bits per heavy atom. The van der Waals surface area contributed by atoms with E-state index in [0.717, 1.165) is 16.3 Å². The lowest BCUT2D eigenvalue weighted by Gasteiger charge is -2.07. The summed E-state index contributed by atoms with van der Waals surface area (Å²) in [5.41, 5.74) is 2.79. The van der Waals surface area contributed by atoms with Gasteiger partial charge in [-0.3, -0.25) is 4.72 Å². The SMILES string of the molecule is O=S(=O)(Nc1ccc2ncsc2c1)c1ncccc1F. The van der Waals surface area contributed by atoms with Crippen molar-refractivity contribution in [3.05, 3.63) is 47.9 Å². The first kappa shape index (κ1) is 12.9. The van der Waals surface area contributed by atoms with Gasteiger partial charge in [-0.1, -0.05) is 0 Å². The molecule has 20 heavy (non-hydrogen) atoms. The lowest BCUT2D eigenvalue weighted by atomic mass is 10.3. The van der Waals surface area contributed by atoms with Gasteiger partial charge in [-0.25, -0.2) is 14.4 Å². The van der Waals surface area contributed by atoms with E-state index in [1.54, 1.807) is 23.7 Å². The maximum atomic E-state index is 13.5. The molecule has 0 bridgehead atoms. The van der Waals surface area contributed by atoms with Gasteiger partial charge in [-0.05, 0) is 30.3 Å². The smallest absolute Gasteiger partial charge is 0.278 e. The minimum atomic E-state index is -4.05. The number of fused-ring (bicyclic) bond motifs is 1. The van der Waals surface area contributed by atoms with Gasteiger partial charge in [0.1, 0.15) is 0 Å². The zero-order valence-corrected chi connectivity index (χ0v) is 11.6. The largest absolute Gasteiger partial charge is 0.282 e. The van der Waals surface area contributed by atoms with Gasteiger partial charge in [0.2, 0.25) is 5.03 Å². The Labute approximate surface area is 118 Å². The Kier molecular flexibility index (Phi) is 3.11. The normalized spacial score (nSPS) is 11.7. The topological polar surface area (TPSA) is 72.0 Å². The molecule has 1 N–H and O–H groups in total. The molecule has 2 heterocycles. The van der Waals surface area contributed by atoms with E-state index >= 15 is 0 Å². The number of anilines is 1. The molecule has 0 radical (unpaired) electrons. The van der Waals surface area contributed by atoms with E-state index in [1.807, 2.05) is 0 Å². The van der Waals surface area contributed by atoms with Crippen molar-refractivity contribution in [2.24, 2.45) is 0 Å².